The molecule has 0 fully saturated rings. The van der Waals surface area contributed by atoms with Crippen LogP contribution < -0.4 is 4.74 Å². The van der Waals surface area contributed by atoms with E-state index in [2.05, 4.69) is 72.6 Å². The molecule has 0 saturated carbocycles. The first-order valence-electron chi connectivity index (χ1n) is 13.0. The molecule has 39 heavy (non-hydrogen) atoms. The molecule has 5 aromatic rings. The molecule has 0 radical (unpaired) electrons. The summed E-state index contributed by atoms with van der Waals surface area (Å²) in [6, 6.07) is 31.9. The molecule has 1 aliphatic heterocycles. The topological polar surface area (TPSA) is 58.2 Å². The lowest BCUT2D eigenvalue weighted by atomic mass is 9.95. The van der Waals surface area contributed by atoms with Crippen LogP contribution in [0.2, 0.25) is 5.02 Å². The average Bonchev–Trinajstić information content (AvgIpc) is 3.49. The fraction of sp³-hybridized carbons (Fsp3) is 0.152. The second kappa shape index (κ2) is 10.4. The van der Waals surface area contributed by atoms with Gasteiger partial charge in [-0.15, -0.1) is 0 Å². The minimum absolute atomic E-state index is 0.0551. The molecule has 2 heterocycles. The standard InChI is InChI=1S/C33H28ClN3O2/c1-21-7-11-23(12-8-21)19-37-32(25-15-17-27(18-16-25)39-20-26-5-3-4-6-28(26)34)29-30(35-36-31(29)33(37)38)24-13-9-22(2)10-14-24/h3-18,32H,19-20H2,1-2H3,(H,35,36). The molecule has 1 atom stereocenters. The quantitative estimate of drug-likeness (QED) is 0.233. The van der Waals surface area contributed by atoms with Crippen molar-refractivity contribution in [3.63, 3.8) is 0 Å². The smallest absolute Gasteiger partial charge is 0.273 e. The van der Waals surface area contributed by atoms with Crippen molar-refractivity contribution in [1.82, 2.24) is 15.1 Å². The van der Waals surface area contributed by atoms with Crippen molar-refractivity contribution < 1.29 is 9.53 Å². The number of nitrogens with one attached hydrogen (secondary N) is 1. The normalized spacial score (nSPS) is 14.5. The summed E-state index contributed by atoms with van der Waals surface area (Å²) in [5, 5.41) is 8.33. The van der Waals surface area contributed by atoms with Crippen LogP contribution in [0, 0.1) is 13.8 Å². The van der Waals surface area contributed by atoms with Crippen molar-refractivity contribution in [2.45, 2.75) is 33.0 Å². The molecule has 4 aromatic carbocycles. The molecule has 1 unspecified atom stereocenters. The van der Waals surface area contributed by atoms with E-state index >= 15 is 0 Å². The SMILES string of the molecule is Cc1ccc(CN2C(=O)c3[nH]nc(-c4ccc(C)cc4)c3C2c2ccc(OCc3ccccc3Cl)cc2)cc1. The minimum atomic E-state index is -0.290. The van der Waals surface area contributed by atoms with Crippen LogP contribution >= 0.6 is 11.6 Å². The van der Waals surface area contributed by atoms with E-state index in [-0.39, 0.29) is 11.9 Å². The number of amides is 1. The monoisotopic (exact) mass is 533 g/mol. The molecule has 0 spiro atoms. The molecule has 5 nitrogen and oxygen atoms in total. The lowest BCUT2D eigenvalue weighted by Crippen LogP contribution is -2.29. The maximum atomic E-state index is 13.7. The fourth-order valence-corrected chi connectivity index (χ4v) is 5.24. The number of nitrogens with zero attached hydrogens (tertiary/aromatic N) is 2. The molecule has 1 aliphatic rings. The summed E-state index contributed by atoms with van der Waals surface area (Å²) in [5.41, 5.74) is 8.59. The Labute approximate surface area is 233 Å². The third-order valence-corrected chi connectivity index (χ3v) is 7.58. The van der Waals surface area contributed by atoms with Crippen LogP contribution in [0.3, 0.4) is 0 Å². The number of rotatable bonds is 7. The van der Waals surface area contributed by atoms with Gasteiger partial charge < -0.3 is 9.64 Å². The number of aromatic nitrogens is 2. The zero-order valence-electron chi connectivity index (χ0n) is 21.8. The van der Waals surface area contributed by atoms with Crippen molar-refractivity contribution >= 4 is 17.5 Å². The van der Waals surface area contributed by atoms with Gasteiger partial charge in [-0.3, -0.25) is 9.89 Å². The van der Waals surface area contributed by atoms with E-state index < -0.39 is 0 Å². The van der Waals surface area contributed by atoms with E-state index in [1.807, 2.05) is 53.4 Å². The summed E-state index contributed by atoms with van der Waals surface area (Å²) in [5.74, 6) is 0.680. The number of carbonyl (C=O) groups excluding carboxylic acids is 1. The summed E-state index contributed by atoms with van der Waals surface area (Å²) in [4.78, 5) is 15.6. The van der Waals surface area contributed by atoms with Crippen LogP contribution in [0.25, 0.3) is 11.3 Å². The summed E-state index contributed by atoms with van der Waals surface area (Å²) >= 11 is 6.29. The number of aromatic amines is 1. The minimum Gasteiger partial charge on any atom is -0.489 e. The van der Waals surface area contributed by atoms with E-state index in [0.717, 1.165) is 39.3 Å². The first kappa shape index (κ1) is 25.0. The van der Waals surface area contributed by atoms with Crippen molar-refractivity contribution in [2.24, 2.45) is 0 Å². The van der Waals surface area contributed by atoms with Crippen LogP contribution in [0.5, 0.6) is 5.75 Å². The van der Waals surface area contributed by atoms with Gasteiger partial charge in [0.2, 0.25) is 0 Å². The molecule has 1 aromatic heterocycles. The Morgan fingerprint density at radius 2 is 1.54 bits per heavy atom. The summed E-state index contributed by atoms with van der Waals surface area (Å²) in [6.45, 7) is 4.99. The van der Waals surface area contributed by atoms with Gasteiger partial charge in [0, 0.05) is 28.3 Å². The Morgan fingerprint density at radius 1 is 0.872 bits per heavy atom. The average molecular weight is 534 g/mol. The molecule has 1 N–H and O–H groups in total. The zero-order valence-corrected chi connectivity index (χ0v) is 22.6. The Hall–Kier alpha value is -4.35. The van der Waals surface area contributed by atoms with Crippen LogP contribution in [0.4, 0.5) is 0 Å². The highest BCUT2D eigenvalue weighted by Crippen LogP contribution is 2.43. The Bertz CT molecular complexity index is 1620. The number of fused-ring (bicyclic) bond motifs is 1. The Balaban J connectivity index is 1.35. The van der Waals surface area contributed by atoms with E-state index in [1.54, 1.807) is 0 Å². The molecule has 1 amide bonds. The molecule has 0 bridgehead atoms. The van der Waals surface area contributed by atoms with E-state index in [4.69, 9.17) is 16.3 Å². The zero-order chi connectivity index (χ0) is 26.9. The molecule has 0 saturated heterocycles. The van der Waals surface area contributed by atoms with Crippen LogP contribution in [-0.4, -0.2) is 21.0 Å². The maximum absolute atomic E-state index is 13.7. The third kappa shape index (κ3) is 4.93. The van der Waals surface area contributed by atoms with Crippen molar-refractivity contribution in [2.75, 3.05) is 0 Å². The fourth-order valence-electron chi connectivity index (χ4n) is 5.05. The van der Waals surface area contributed by atoms with Gasteiger partial charge in [-0.05, 0) is 43.2 Å². The van der Waals surface area contributed by atoms with Crippen molar-refractivity contribution in [3.8, 4) is 17.0 Å². The third-order valence-electron chi connectivity index (χ3n) is 7.21. The van der Waals surface area contributed by atoms with E-state index in [9.17, 15) is 4.79 Å². The predicted molar refractivity (Wildman–Crippen MR) is 154 cm³/mol. The van der Waals surface area contributed by atoms with Gasteiger partial charge in [-0.2, -0.15) is 5.10 Å². The number of halogens is 1. The lowest BCUT2D eigenvalue weighted by Gasteiger charge is -2.27. The largest absolute Gasteiger partial charge is 0.489 e. The number of hydrogen-bond acceptors (Lipinski definition) is 3. The molecule has 6 rings (SSSR count). The van der Waals surface area contributed by atoms with E-state index in [0.29, 0.717) is 23.9 Å². The highest BCUT2D eigenvalue weighted by Gasteiger charge is 2.42. The van der Waals surface area contributed by atoms with Gasteiger partial charge in [0.05, 0.1) is 11.7 Å². The number of benzene rings is 4. The summed E-state index contributed by atoms with van der Waals surface area (Å²) in [7, 11) is 0. The van der Waals surface area contributed by atoms with Gasteiger partial charge in [-0.25, -0.2) is 0 Å². The van der Waals surface area contributed by atoms with Crippen molar-refractivity contribution in [3.05, 3.63) is 141 Å². The van der Waals surface area contributed by atoms with Crippen LogP contribution in [0.1, 0.15) is 49.9 Å². The molecule has 6 heteroatoms. The second-order valence-corrected chi connectivity index (χ2v) is 10.4. The molecule has 194 valence electrons. The number of carbonyl (C=O) groups is 1. The first-order valence-corrected chi connectivity index (χ1v) is 13.3. The summed E-state index contributed by atoms with van der Waals surface area (Å²) in [6.07, 6.45) is 0. The van der Waals surface area contributed by atoms with Crippen LogP contribution in [-0.2, 0) is 13.2 Å². The number of H-pyrrole nitrogens is 1. The molecule has 0 aliphatic carbocycles. The number of hydrogen-bond donors (Lipinski definition) is 1. The predicted octanol–water partition coefficient (Wildman–Crippen LogP) is 7.67. The van der Waals surface area contributed by atoms with Gasteiger partial charge in [-0.1, -0.05) is 102 Å². The number of aryl methyl sites for hydroxylation is 2. The van der Waals surface area contributed by atoms with Gasteiger partial charge in [0.15, 0.2) is 0 Å². The highest BCUT2D eigenvalue weighted by molar-refractivity contribution is 6.31. The summed E-state index contributed by atoms with van der Waals surface area (Å²) < 4.78 is 6.02. The van der Waals surface area contributed by atoms with Crippen molar-refractivity contribution in [1.29, 1.82) is 0 Å². The van der Waals surface area contributed by atoms with Gasteiger partial charge in [0.25, 0.3) is 5.91 Å². The lowest BCUT2D eigenvalue weighted by molar-refractivity contribution is 0.0730. The van der Waals surface area contributed by atoms with Crippen LogP contribution in [0.15, 0.2) is 97.1 Å². The van der Waals surface area contributed by atoms with Gasteiger partial charge >= 0.3 is 0 Å². The Morgan fingerprint density at radius 3 is 2.23 bits per heavy atom. The van der Waals surface area contributed by atoms with Gasteiger partial charge in [0.1, 0.15) is 18.1 Å². The number of ether oxygens (including phenoxy) is 1. The molecular formula is C33H28ClN3O2. The first-order chi connectivity index (χ1) is 19.0. The highest BCUT2D eigenvalue weighted by atomic mass is 35.5. The van der Waals surface area contributed by atoms with E-state index in [1.165, 1.54) is 11.1 Å². The Kier molecular flexibility index (Phi) is 6.67. The second-order valence-electron chi connectivity index (χ2n) is 10.00. The maximum Gasteiger partial charge on any atom is 0.273 e. The molecular weight excluding hydrogens is 506 g/mol.